The lowest BCUT2D eigenvalue weighted by atomic mass is 9.93. The Kier molecular flexibility index (Phi) is 3.51. The van der Waals surface area contributed by atoms with Gasteiger partial charge in [-0.15, -0.1) is 0 Å². The smallest absolute Gasteiger partial charge is 0.114 e. The van der Waals surface area contributed by atoms with Crippen molar-refractivity contribution in [3.8, 4) is 0 Å². The molecule has 1 rings (SSSR count). The Balaban J connectivity index is 2.99. The van der Waals surface area contributed by atoms with E-state index in [4.69, 9.17) is 4.74 Å². The van der Waals surface area contributed by atoms with Crippen LogP contribution in [0.3, 0.4) is 0 Å². The van der Waals surface area contributed by atoms with Gasteiger partial charge in [0.15, 0.2) is 0 Å². The van der Waals surface area contributed by atoms with Crippen LogP contribution in [0, 0.1) is 0 Å². The molecular formula is C9H13BrO2S. The Bertz CT molecular complexity index is 283. The van der Waals surface area contributed by atoms with E-state index in [2.05, 4.69) is 15.9 Å². The van der Waals surface area contributed by atoms with E-state index in [1.165, 1.54) is 0 Å². The molecule has 1 heterocycles. The molecule has 0 aliphatic rings. The van der Waals surface area contributed by atoms with E-state index in [1.807, 2.05) is 17.7 Å². The summed E-state index contributed by atoms with van der Waals surface area (Å²) < 4.78 is 6.06. The summed E-state index contributed by atoms with van der Waals surface area (Å²) in [5.41, 5.74) is -0.0556. The van der Waals surface area contributed by atoms with Gasteiger partial charge in [-0.3, -0.25) is 0 Å². The molecule has 0 amide bonds. The topological polar surface area (TPSA) is 29.5 Å². The molecule has 2 nitrogen and oxygen atoms in total. The van der Waals surface area contributed by atoms with Gasteiger partial charge in [-0.25, -0.2) is 0 Å². The second-order valence-corrected chi connectivity index (χ2v) is 4.76. The zero-order valence-electron chi connectivity index (χ0n) is 7.87. The fraction of sp³-hybridized carbons (Fsp3) is 0.556. The molecule has 0 saturated carbocycles. The summed E-state index contributed by atoms with van der Waals surface area (Å²) in [7, 11) is 1.60. The molecule has 0 radical (unpaired) electrons. The van der Waals surface area contributed by atoms with Crippen molar-refractivity contribution in [2.45, 2.75) is 25.6 Å². The Morgan fingerprint density at radius 2 is 2.23 bits per heavy atom. The van der Waals surface area contributed by atoms with Crippen molar-refractivity contribution in [3.05, 3.63) is 20.8 Å². The molecule has 1 aromatic heterocycles. The first-order valence-electron chi connectivity index (χ1n) is 3.97. The highest BCUT2D eigenvalue weighted by Gasteiger charge is 2.32. The molecule has 0 aliphatic carbocycles. The van der Waals surface area contributed by atoms with Gasteiger partial charge in [0.05, 0.1) is 6.10 Å². The van der Waals surface area contributed by atoms with Crippen LogP contribution in [0.2, 0.25) is 0 Å². The molecule has 2 unspecified atom stereocenters. The van der Waals surface area contributed by atoms with Crippen LogP contribution in [0.4, 0.5) is 0 Å². The van der Waals surface area contributed by atoms with Gasteiger partial charge >= 0.3 is 0 Å². The Hall–Kier alpha value is 0.100. The largest absolute Gasteiger partial charge is 0.383 e. The zero-order chi connectivity index (χ0) is 10.1. The summed E-state index contributed by atoms with van der Waals surface area (Å²) in [6.45, 7) is 3.61. The first-order chi connectivity index (χ1) is 6.00. The molecule has 0 saturated heterocycles. The van der Waals surface area contributed by atoms with Crippen LogP contribution >= 0.6 is 27.3 Å². The number of ether oxygens (including phenoxy) is 1. The summed E-state index contributed by atoms with van der Waals surface area (Å²) in [6.07, 6.45) is -0.224. The summed E-state index contributed by atoms with van der Waals surface area (Å²) in [6, 6.07) is 0. The number of methoxy groups -OCH3 is 1. The summed E-state index contributed by atoms with van der Waals surface area (Å²) >= 11 is 4.95. The third-order valence-corrected chi connectivity index (χ3v) is 4.01. The number of hydrogen-bond donors (Lipinski definition) is 1. The lowest BCUT2D eigenvalue weighted by Gasteiger charge is -2.29. The van der Waals surface area contributed by atoms with Crippen molar-refractivity contribution in [1.29, 1.82) is 0 Å². The van der Waals surface area contributed by atoms with E-state index < -0.39 is 5.60 Å². The maximum atomic E-state index is 10.2. The van der Waals surface area contributed by atoms with E-state index in [0.717, 1.165) is 10.0 Å². The quantitative estimate of drug-likeness (QED) is 0.910. The van der Waals surface area contributed by atoms with Gasteiger partial charge in [-0.1, -0.05) is 0 Å². The first-order valence-corrected chi connectivity index (χ1v) is 5.71. The minimum atomic E-state index is -0.937. The monoisotopic (exact) mass is 264 g/mol. The number of halogens is 1. The third-order valence-electron chi connectivity index (χ3n) is 2.31. The predicted molar refractivity (Wildman–Crippen MR) is 58.1 cm³/mol. The number of aliphatic hydroxyl groups is 1. The highest BCUT2D eigenvalue weighted by molar-refractivity contribution is 9.10. The zero-order valence-corrected chi connectivity index (χ0v) is 10.3. The lowest BCUT2D eigenvalue weighted by Crippen LogP contribution is -2.35. The van der Waals surface area contributed by atoms with Crippen LogP contribution in [-0.4, -0.2) is 18.3 Å². The molecule has 2 atom stereocenters. The van der Waals surface area contributed by atoms with E-state index in [0.29, 0.717) is 0 Å². The van der Waals surface area contributed by atoms with Crippen molar-refractivity contribution >= 4 is 27.3 Å². The highest BCUT2D eigenvalue weighted by Crippen LogP contribution is 2.34. The van der Waals surface area contributed by atoms with Crippen LogP contribution in [0.25, 0.3) is 0 Å². The van der Waals surface area contributed by atoms with E-state index in [1.54, 1.807) is 25.4 Å². The SMILES string of the molecule is COC(C)C(C)(O)c1cscc1Br. The highest BCUT2D eigenvalue weighted by atomic mass is 79.9. The van der Waals surface area contributed by atoms with Gasteiger partial charge in [0.2, 0.25) is 0 Å². The van der Waals surface area contributed by atoms with Crippen LogP contribution in [0.15, 0.2) is 15.2 Å². The molecule has 0 fully saturated rings. The molecule has 1 aromatic rings. The summed E-state index contributed by atoms with van der Waals surface area (Å²) in [5.74, 6) is 0. The van der Waals surface area contributed by atoms with Gasteiger partial charge in [-0.2, -0.15) is 11.3 Å². The molecule has 1 N–H and O–H groups in total. The normalized spacial score (nSPS) is 18.2. The Labute approximate surface area is 90.7 Å². The Morgan fingerprint density at radius 1 is 1.62 bits per heavy atom. The molecule has 13 heavy (non-hydrogen) atoms. The number of rotatable bonds is 3. The fourth-order valence-corrected chi connectivity index (χ4v) is 2.90. The fourth-order valence-electron chi connectivity index (χ4n) is 1.09. The molecule has 0 aromatic carbocycles. The standard InChI is InChI=1S/C9H13BrO2S/c1-6(12-3)9(2,11)7-4-13-5-8(7)10/h4-6,11H,1-3H3. The Morgan fingerprint density at radius 3 is 2.62 bits per heavy atom. The molecule has 4 heteroatoms. The van der Waals surface area contributed by atoms with E-state index in [-0.39, 0.29) is 6.10 Å². The van der Waals surface area contributed by atoms with Crippen LogP contribution in [0.1, 0.15) is 19.4 Å². The predicted octanol–water partition coefficient (Wildman–Crippen LogP) is 2.75. The average Bonchev–Trinajstić information content (AvgIpc) is 2.50. The number of thiophene rings is 1. The molecular weight excluding hydrogens is 252 g/mol. The summed E-state index contributed by atoms with van der Waals surface area (Å²) in [5, 5.41) is 14.1. The van der Waals surface area contributed by atoms with Crippen molar-refractivity contribution in [1.82, 2.24) is 0 Å². The maximum Gasteiger partial charge on any atom is 0.114 e. The number of hydrogen-bond acceptors (Lipinski definition) is 3. The van der Waals surface area contributed by atoms with Crippen LogP contribution in [0.5, 0.6) is 0 Å². The molecule has 0 aliphatic heterocycles. The van der Waals surface area contributed by atoms with Crippen molar-refractivity contribution in [2.75, 3.05) is 7.11 Å². The molecule has 0 spiro atoms. The summed E-state index contributed by atoms with van der Waals surface area (Å²) in [4.78, 5) is 0. The van der Waals surface area contributed by atoms with Gasteiger partial charge in [0.1, 0.15) is 5.60 Å². The molecule has 0 bridgehead atoms. The van der Waals surface area contributed by atoms with Gasteiger partial charge in [0, 0.05) is 22.5 Å². The minimum absolute atomic E-state index is 0.224. The van der Waals surface area contributed by atoms with Crippen molar-refractivity contribution in [2.24, 2.45) is 0 Å². The van der Waals surface area contributed by atoms with Crippen LogP contribution < -0.4 is 0 Å². The van der Waals surface area contributed by atoms with Gasteiger partial charge in [-0.05, 0) is 35.2 Å². The van der Waals surface area contributed by atoms with Crippen molar-refractivity contribution < 1.29 is 9.84 Å². The average molecular weight is 265 g/mol. The van der Waals surface area contributed by atoms with Gasteiger partial charge < -0.3 is 9.84 Å². The first kappa shape index (κ1) is 11.2. The van der Waals surface area contributed by atoms with E-state index >= 15 is 0 Å². The second kappa shape index (κ2) is 4.09. The molecule has 74 valence electrons. The van der Waals surface area contributed by atoms with Crippen molar-refractivity contribution in [3.63, 3.8) is 0 Å². The van der Waals surface area contributed by atoms with Crippen LogP contribution in [-0.2, 0) is 10.3 Å². The van der Waals surface area contributed by atoms with Gasteiger partial charge in [0.25, 0.3) is 0 Å². The minimum Gasteiger partial charge on any atom is -0.383 e. The third kappa shape index (κ3) is 2.13. The maximum absolute atomic E-state index is 10.2. The van der Waals surface area contributed by atoms with E-state index in [9.17, 15) is 5.11 Å². The second-order valence-electron chi connectivity index (χ2n) is 3.16. The lowest BCUT2D eigenvalue weighted by molar-refractivity contribution is -0.0773.